The molecule has 0 aliphatic heterocycles. The van der Waals surface area contributed by atoms with E-state index in [9.17, 15) is 0 Å². The van der Waals surface area contributed by atoms with Crippen LogP contribution in [0.25, 0.3) is 10.9 Å². The number of fused-ring (bicyclic) bond motifs is 1. The van der Waals surface area contributed by atoms with Gasteiger partial charge in [0.1, 0.15) is 5.03 Å². The number of anilines is 1. The summed E-state index contributed by atoms with van der Waals surface area (Å²) in [7, 11) is 0. The van der Waals surface area contributed by atoms with E-state index in [0.717, 1.165) is 31.8 Å². The molecule has 0 unspecified atom stereocenters. The highest BCUT2D eigenvalue weighted by Gasteiger charge is 2.10. The SMILES string of the molecule is CCNc1nc(Sc2ccccc2Br)c2ccccc2n1. The van der Waals surface area contributed by atoms with Crippen LogP contribution in [0, 0.1) is 0 Å². The summed E-state index contributed by atoms with van der Waals surface area (Å²) in [6.45, 7) is 2.84. The van der Waals surface area contributed by atoms with Gasteiger partial charge in [0.05, 0.1) is 5.52 Å². The molecule has 0 amide bonds. The first kappa shape index (κ1) is 14.4. The van der Waals surface area contributed by atoms with Crippen LogP contribution in [0.5, 0.6) is 0 Å². The van der Waals surface area contributed by atoms with Gasteiger partial charge in [-0.2, -0.15) is 0 Å². The Morgan fingerprint density at radius 1 is 1.05 bits per heavy atom. The van der Waals surface area contributed by atoms with Gasteiger partial charge in [-0.25, -0.2) is 9.97 Å². The highest BCUT2D eigenvalue weighted by molar-refractivity contribution is 9.10. The Bertz CT molecular complexity index is 776. The van der Waals surface area contributed by atoms with Crippen molar-refractivity contribution in [2.45, 2.75) is 16.8 Å². The lowest BCUT2D eigenvalue weighted by Crippen LogP contribution is -2.03. The lowest BCUT2D eigenvalue weighted by Gasteiger charge is -2.09. The van der Waals surface area contributed by atoms with Gasteiger partial charge in [-0.05, 0) is 41.1 Å². The van der Waals surface area contributed by atoms with E-state index in [4.69, 9.17) is 0 Å². The maximum Gasteiger partial charge on any atom is 0.224 e. The van der Waals surface area contributed by atoms with Crippen LogP contribution in [0.2, 0.25) is 0 Å². The molecule has 0 aliphatic carbocycles. The molecule has 3 aromatic rings. The second kappa shape index (κ2) is 6.45. The predicted octanol–water partition coefficient (Wildman–Crippen LogP) is 4.98. The Morgan fingerprint density at radius 2 is 1.81 bits per heavy atom. The van der Waals surface area contributed by atoms with Crippen molar-refractivity contribution in [2.24, 2.45) is 0 Å². The van der Waals surface area contributed by atoms with E-state index in [2.05, 4.69) is 43.3 Å². The monoisotopic (exact) mass is 359 g/mol. The molecular weight excluding hydrogens is 346 g/mol. The minimum absolute atomic E-state index is 0.672. The third-order valence-corrected chi connectivity index (χ3v) is 4.98. The Morgan fingerprint density at radius 3 is 2.62 bits per heavy atom. The molecule has 3 nitrogen and oxygen atoms in total. The fraction of sp³-hybridized carbons (Fsp3) is 0.125. The van der Waals surface area contributed by atoms with E-state index in [1.807, 2.05) is 43.3 Å². The Balaban J connectivity index is 2.09. The second-order valence-electron chi connectivity index (χ2n) is 4.43. The number of benzene rings is 2. The zero-order valence-corrected chi connectivity index (χ0v) is 13.9. The van der Waals surface area contributed by atoms with Crippen molar-refractivity contribution in [2.75, 3.05) is 11.9 Å². The zero-order valence-electron chi connectivity index (χ0n) is 11.5. The van der Waals surface area contributed by atoms with E-state index in [-0.39, 0.29) is 0 Å². The van der Waals surface area contributed by atoms with E-state index >= 15 is 0 Å². The molecule has 3 rings (SSSR count). The number of rotatable bonds is 4. The molecule has 0 atom stereocenters. The van der Waals surface area contributed by atoms with Gasteiger partial charge in [0.2, 0.25) is 5.95 Å². The zero-order chi connectivity index (χ0) is 14.7. The number of nitrogens with one attached hydrogen (secondary N) is 1. The summed E-state index contributed by atoms with van der Waals surface area (Å²) in [6.07, 6.45) is 0. The molecule has 0 aliphatic rings. The molecule has 1 aromatic heterocycles. The predicted molar refractivity (Wildman–Crippen MR) is 92.0 cm³/mol. The number of nitrogens with zero attached hydrogens (tertiary/aromatic N) is 2. The van der Waals surface area contributed by atoms with Crippen molar-refractivity contribution in [3.8, 4) is 0 Å². The number of aromatic nitrogens is 2. The summed E-state index contributed by atoms with van der Waals surface area (Å²) in [5.74, 6) is 0.672. The van der Waals surface area contributed by atoms with Crippen molar-refractivity contribution in [1.29, 1.82) is 0 Å². The van der Waals surface area contributed by atoms with Crippen LogP contribution < -0.4 is 5.32 Å². The third kappa shape index (κ3) is 3.19. The Kier molecular flexibility index (Phi) is 4.41. The van der Waals surface area contributed by atoms with E-state index < -0.39 is 0 Å². The second-order valence-corrected chi connectivity index (χ2v) is 6.32. The molecule has 21 heavy (non-hydrogen) atoms. The molecule has 2 aromatic carbocycles. The van der Waals surface area contributed by atoms with Crippen molar-refractivity contribution < 1.29 is 0 Å². The summed E-state index contributed by atoms with van der Waals surface area (Å²) in [5.41, 5.74) is 0.956. The van der Waals surface area contributed by atoms with Crippen molar-refractivity contribution >= 4 is 44.5 Å². The molecule has 0 bridgehead atoms. The highest BCUT2D eigenvalue weighted by Crippen LogP contribution is 2.36. The molecule has 0 fully saturated rings. The lowest BCUT2D eigenvalue weighted by atomic mass is 10.2. The van der Waals surface area contributed by atoms with Gasteiger partial charge in [0.25, 0.3) is 0 Å². The normalized spacial score (nSPS) is 10.8. The molecule has 0 saturated heterocycles. The summed E-state index contributed by atoms with van der Waals surface area (Å²) < 4.78 is 1.07. The van der Waals surface area contributed by atoms with Gasteiger partial charge in [-0.3, -0.25) is 0 Å². The molecule has 0 radical (unpaired) electrons. The van der Waals surface area contributed by atoms with Crippen LogP contribution in [0.15, 0.2) is 62.9 Å². The molecule has 1 heterocycles. The van der Waals surface area contributed by atoms with Crippen LogP contribution in [-0.2, 0) is 0 Å². The first-order valence-corrected chi connectivity index (χ1v) is 8.32. The average Bonchev–Trinajstić information content (AvgIpc) is 2.50. The molecule has 106 valence electrons. The van der Waals surface area contributed by atoms with Gasteiger partial charge in [0, 0.05) is 21.3 Å². The van der Waals surface area contributed by atoms with Gasteiger partial charge in [-0.15, -0.1) is 0 Å². The molecular formula is C16H14BrN3S. The maximum atomic E-state index is 4.65. The summed E-state index contributed by atoms with van der Waals surface area (Å²) in [4.78, 5) is 10.3. The standard InChI is InChI=1S/C16H14BrN3S/c1-2-18-16-19-13-9-5-3-7-11(13)15(20-16)21-14-10-6-4-8-12(14)17/h3-10H,2H2,1H3,(H,18,19,20). The number of hydrogen-bond acceptors (Lipinski definition) is 4. The quantitative estimate of drug-likeness (QED) is 0.667. The van der Waals surface area contributed by atoms with Crippen LogP contribution >= 0.6 is 27.7 Å². The van der Waals surface area contributed by atoms with Crippen LogP contribution in [-0.4, -0.2) is 16.5 Å². The average molecular weight is 360 g/mol. The van der Waals surface area contributed by atoms with Crippen LogP contribution in [0.1, 0.15) is 6.92 Å². The van der Waals surface area contributed by atoms with E-state index in [0.29, 0.717) is 5.95 Å². The first-order valence-electron chi connectivity index (χ1n) is 6.71. The summed E-state index contributed by atoms with van der Waals surface area (Å²) in [5, 5.41) is 5.22. The Labute approximate surface area is 136 Å². The fourth-order valence-corrected chi connectivity index (χ4v) is 3.46. The van der Waals surface area contributed by atoms with Crippen molar-refractivity contribution in [3.05, 3.63) is 53.0 Å². The minimum atomic E-state index is 0.672. The maximum absolute atomic E-state index is 4.65. The fourth-order valence-electron chi connectivity index (χ4n) is 1.99. The highest BCUT2D eigenvalue weighted by atomic mass is 79.9. The topological polar surface area (TPSA) is 37.8 Å². The van der Waals surface area contributed by atoms with Gasteiger partial charge >= 0.3 is 0 Å². The van der Waals surface area contributed by atoms with Crippen LogP contribution in [0.4, 0.5) is 5.95 Å². The summed E-state index contributed by atoms with van der Waals surface area (Å²) >= 11 is 5.23. The summed E-state index contributed by atoms with van der Waals surface area (Å²) in [6, 6.07) is 16.3. The molecule has 5 heteroatoms. The Hall–Kier alpha value is -1.59. The lowest BCUT2D eigenvalue weighted by molar-refractivity contribution is 1.05. The smallest absolute Gasteiger partial charge is 0.224 e. The minimum Gasteiger partial charge on any atom is -0.354 e. The largest absolute Gasteiger partial charge is 0.354 e. The number of halogens is 1. The van der Waals surface area contributed by atoms with Gasteiger partial charge in [-0.1, -0.05) is 42.1 Å². The van der Waals surface area contributed by atoms with Crippen molar-refractivity contribution in [1.82, 2.24) is 9.97 Å². The van der Waals surface area contributed by atoms with E-state index in [1.165, 1.54) is 0 Å². The van der Waals surface area contributed by atoms with Gasteiger partial charge < -0.3 is 5.32 Å². The number of hydrogen-bond donors (Lipinski definition) is 1. The molecule has 1 N–H and O–H groups in total. The van der Waals surface area contributed by atoms with E-state index in [1.54, 1.807) is 11.8 Å². The molecule has 0 saturated carbocycles. The molecule has 0 spiro atoms. The van der Waals surface area contributed by atoms with Gasteiger partial charge in [0.15, 0.2) is 0 Å². The third-order valence-electron chi connectivity index (χ3n) is 2.95. The van der Waals surface area contributed by atoms with Crippen molar-refractivity contribution in [3.63, 3.8) is 0 Å². The van der Waals surface area contributed by atoms with Crippen LogP contribution in [0.3, 0.4) is 0 Å². The number of para-hydroxylation sites is 1. The first-order chi connectivity index (χ1) is 10.3.